The summed E-state index contributed by atoms with van der Waals surface area (Å²) in [5.41, 5.74) is 2.92. The van der Waals surface area contributed by atoms with Crippen LogP contribution in [0.2, 0.25) is 0 Å². The number of hydrogen-bond donors (Lipinski definition) is 0. The number of imidazole rings is 1. The van der Waals surface area contributed by atoms with E-state index in [2.05, 4.69) is 0 Å². The summed E-state index contributed by atoms with van der Waals surface area (Å²) in [6.45, 7) is 7.03. The Kier molecular flexibility index (Phi) is 5.50. The molecular weight excluding hydrogens is 408 g/mol. The Labute approximate surface area is 186 Å². The van der Waals surface area contributed by atoms with Gasteiger partial charge in [-0.1, -0.05) is 60.7 Å². The van der Waals surface area contributed by atoms with Crippen LogP contribution in [0.5, 0.6) is 0 Å². The molecule has 2 heterocycles. The maximum Gasteiger partial charge on any atom is 0.324 e. The summed E-state index contributed by atoms with van der Waals surface area (Å²) in [6, 6.07) is 18.8. The zero-order chi connectivity index (χ0) is 23.0. The zero-order valence-electron chi connectivity index (χ0n) is 18.6. The van der Waals surface area contributed by atoms with Gasteiger partial charge in [0.05, 0.1) is 0 Å². The van der Waals surface area contributed by atoms with E-state index in [0.29, 0.717) is 23.6 Å². The second-order valence-electron chi connectivity index (χ2n) is 8.50. The summed E-state index contributed by atoms with van der Waals surface area (Å²) < 4.78 is 13.5. The maximum absolute atomic E-state index is 13.4. The van der Waals surface area contributed by atoms with E-state index >= 15 is 0 Å². The second kappa shape index (κ2) is 8.15. The highest BCUT2D eigenvalue weighted by molar-refractivity contribution is 5.98. The van der Waals surface area contributed by atoms with Crippen LogP contribution in [-0.4, -0.2) is 22.3 Å². The molecule has 0 aliphatic carbocycles. The Morgan fingerprint density at radius 1 is 0.969 bits per heavy atom. The molecule has 32 heavy (non-hydrogen) atoms. The Balaban J connectivity index is 1.91. The molecule has 0 amide bonds. The fourth-order valence-corrected chi connectivity index (χ4v) is 4.21. The van der Waals surface area contributed by atoms with Gasteiger partial charge in [0.25, 0.3) is 11.6 Å². The molecule has 1 unspecified atom stereocenters. The number of benzene rings is 2. The maximum atomic E-state index is 13.4. The molecule has 1 fully saturated rings. The number of rotatable bonds is 5. The number of nitrogens with zero attached hydrogens (tertiary/aromatic N) is 2. The van der Waals surface area contributed by atoms with Crippen molar-refractivity contribution in [2.75, 3.05) is 0 Å². The van der Waals surface area contributed by atoms with Crippen LogP contribution >= 0.6 is 0 Å². The van der Waals surface area contributed by atoms with Crippen LogP contribution in [0.15, 0.2) is 60.7 Å². The van der Waals surface area contributed by atoms with E-state index in [1.54, 1.807) is 19.1 Å². The van der Waals surface area contributed by atoms with Crippen LogP contribution < -0.4 is 4.73 Å². The molecule has 0 spiro atoms. The van der Waals surface area contributed by atoms with Crippen molar-refractivity contribution in [3.63, 3.8) is 0 Å². The Morgan fingerprint density at radius 3 is 2.06 bits per heavy atom. The van der Waals surface area contributed by atoms with E-state index in [-0.39, 0.29) is 0 Å². The summed E-state index contributed by atoms with van der Waals surface area (Å²) in [7, 11) is 0. The predicted octanol–water partition coefficient (Wildman–Crippen LogP) is 3.37. The number of cyclic esters (lactones) is 2. The molecule has 7 nitrogen and oxygen atoms in total. The van der Waals surface area contributed by atoms with Crippen molar-refractivity contribution in [2.45, 2.75) is 45.9 Å². The SMILES string of the molecule is Cc1c(C)[n+]([O-])c(C(c2ccccc2)C2C(=O)OC(C)(C)OC2=O)n1Cc1ccccc1. The van der Waals surface area contributed by atoms with Gasteiger partial charge < -0.3 is 14.7 Å². The summed E-state index contributed by atoms with van der Waals surface area (Å²) in [6.07, 6.45) is 0. The molecule has 1 aliphatic heterocycles. The highest BCUT2D eigenvalue weighted by atomic mass is 16.7. The van der Waals surface area contributed by atoms with Crippen molar-refractivity contribution in [1.29, 1.82) is 0 Å². The molecule has 1 saturated heterocycles. The van der Waals surface area contributed by atoms with E-state index in [4.69, 9.17) is 9.47 Å². The van der Waals surface area contributed by atoms with Gasteiger partial charge in [-0.25, -0.2) is 9.30 Å². The van der Waals surface area contributed by atoms with E-state index in [9.17, 15) is 14.8 Å². The standard InChI is InChI=1S/C25H26N2O5/c1-16-17(2)27(30)22(26(16)15-18-11-7-5-8-12-18)20(19-13-9-6-10-14-19)21-23(28)31-25(3,4)32-24(21)29/h5-14,20-21H,15H2,1-4H3. The predicted molar refractivity (Wildman–Crippen MR) is 116 cm³/mol. The largest absolute Gasteiger partial charge is 0.711 e. The van der Waals surface area contributed by atoms with Crippen molar-refractivity contribution in [3.05, 3.63) is 94.2 Å². The summed E-state index contributed by atoms with van der Waals surface area (Å²) >= 11 is 0. The first-order valence-electron chi connectivity index (χ1n) is 10.5. The number of carbonyl (C=O) groups is 2. The van der Waals surface area contributed by atoms with Gasteiger partial charge in [-0.3, -0.25) is 9.59 Å². The molecule has 3 aromatic rings. The number of ether oxygens (including phenoxy) is 2. The molecule has 7 heteroatoms. The van der Waals surface area contributed by atoms with Gasteiger partial charge in [-0.15, -0.1) is 0 Å². The minimum absolute atomic E-state index is 0.300. The molecule has 0 radical (unpaired) electrons. The molecular formula is C25H26N2O5. The van der Waals surface area contributed by atoms with Gasteiger partial charge in [-0.05, 0) is 11.1 Å². The summed E-state index contributed by atoms with van der Waals surface area (Å²) in [4.78, 5) is 26.1. The van der Waals surface area contributed by atoms with Crippen molar-refractivity contribution in [1.82, 2.24) is 4.57 Å². The van der Waals surface area contributed by atoms with E-state index < -0.39 is 29.6 Å². The minimum Gasteiger partial charge on any atom is -0.711 e. The van der Waals surface area contributed by atoms with Crippen LogP contribution in [0.3, 0.4) is 0 Å². The lowest BCUT2D eigenvalue weighted by atomic mass is 9.84. The normalized spacial score (nSPS) is 17.0. The molecule has 0 saturated carbocycles. The first kappa shape index (κ1) is 21.6. The van der Waals surface area contributed by atoms with E-state index in [1.807, 2.05) is 60.0 Å². The Bertz CT molecular complexity index is 1130. The topological polar surface area (TPSA) is 84.5 Å². The minimum atomic E-state index is -1.35. The summed E-state index contributed by atoms with van der Waals surface area (Å²) in [5, 5.41) is 13.4. The molecule has 166 valence electrons. The van der Waals surface area contributed by atoms with Gasteiger partial charge in [0, 0.05) is 27.7 Å². The van der Waals surface area contributed by atoms with Crippen molar-refractivity contribution < 1.29 is 23.8 Å². The lowest BCUT2D eigenvalue weighted by molar-refractivity contribution is -0.621. The van der Waals surface area contributed by atoms with Crippen molar-refractivity contribution in [3.8, 4) is 0 Å². The average Bonchev–Trinajstić information content (AvgIpc) is 2.95. The van der Waals surface area contributed by atoms with Gasteiger partial charge in [0.1, 0.15) is 23.9 Å². The van der Waals surface area contributed by atoms with Crippen molar-refractivity contribution in [2.24, 2.45) is 5.92 Å². The molecule has 0 N–H and O–H groups in total. The van der Waals surface area contributed by atoms with E-state index in [0.717, 1.165) is 16.0 Å². The van der Waals surface area contributed by atoms with Gasteiger partial charge in [0.2, 0.25) is 0 Å². The number of hydrogen-bond acceptors (Lipinski definition) is 5. The number of carbonyl (C=O) groups excluding carboxylic acids is 2. The van der Waals surface area contributed by atoms with Crippen LogP contribution in [0, 0.1) is 25.0 Å². The Hall–Kier alpha value is -3.61. The third kappa shape index (κ3) is 3.86. The summed E-state index contributed by atoms with van der Waals surface area (Å²) in [5.74, 6) is -4.63. The third-order valence-corrected chi connectivity index (χ3v) is 5.87. The lowest BCUT2D eigenvalue weighted by Gasteiger charge is -2.35. The lowest BCUT2D eigenvalue weighted by Crippen LogP contribution is -2.50. The number of aromatic nitrogens is 2. The smallest absolute Gasteiger partial charge is 0.324 e. The first-order valence-corrected chi connectivity index (χ1v) is 10.5. The van der Waals surface area contributed by atoms with Crippen LogP contribution in [0.25, 0.3) is 0 Å². The fourth-order valence-electron chi connectivity index (χ4n) is 4.21. The zero-order valence-corrected chi connectivity index (χ0v) is 18.6. The highest BCUT2D eigenvalue weighted by Crippen LogP contribution is 2.38. The molecule has 1 aliphatic rings. The molecule has 1 aromatic heterocycles. The Morgan fingerprint density at radius 2 is 1.50 bits per heavy atom. The molecule has 2 aromatic carbocycles. The first-order chi connectivity index (χ1) is 15.2. The van der Waals surface area contributed by atoms with E-state index in [1.165, 1.54) is 13.8 Å². The fraction of sp³-hybridized carbons (Fsp3) is 0.320. The van der Waals surface area contributed by atoms with Gasteiger partial charge >= 0.3 is 11.9 Å². The molecule has 0 bridgehead atoms. The molecule has 1 atom stereocenters. The quantitative estimate of drug-likeness (QED) is 0.266. The van der Waals surface area contributed by atoms with Crippen LogP contribution in [-0.2, 0) is 25.6 Å². The van der Waals surface area contributed by atoms with Gasteiger partial charge in [-0.2, -0.15) is 0 Å². The molecule has 4 rings (SSSR count). The van der Waals surface area contributed by atoms with Crippen molar-refractivity contribution >= 4 is 11.9 Å². The highest BCUT2D eigenvalue weighted by Gasteiger charge is 2.51. The second-order valence-corrected chi connectivity index (χ2v) is 8.50. The number of esters is 2. The average molecular weight is 434 g/mol. The van der Waals surface area contributed by atoms with Crippen LogP contribution in [0.1, 0.15) is 48.1 Å². The van der Waals surface area contributed by atoms with Crippen LogP contribution in [0.4, 0.5) is 0 Å². The monoisotopic (exact) mass is 434 g/mol. The van der Waals surface area contributed by atoms with Gasteiger partial charge in [0.15, 0.2) is 5.92 Å². The third-order valence-electron chi connectivity index (χ3n) is 5.87.